The summed E-state index contributed by atoms with van der Waals surface area (Å²) < 4.78 is 9.18. The van der Waals surface area contributed by atoms with E-state index in [0.717, 1.165) is 11.5 Å². The molecule has 0 radical (unpaired) electrons. The number of hydrogen-bond donors (Lipinski definition) is 0. The predicted molar refractivity (Wildman–Crippen MR) is 445 cm³/mol. The standard InChI is InChI=1S/C96H74OSi5/c1-15-43-75(44-16-1)98(76-45-17-2-18-46-76,77-47-19-3-20-48-77)89-71-91(100(81-55-27-7-28-56-81,82-57-29-8-30-58-82)83-59-31-9-32-60-83)95-93(73-89)102(87-67-39-13-40-68-87,88-69-41-14-42-70-88)94-74-90(99(78-49-21-4-22-50-78,79-51-23-5-24-52-79)80-53-25-6-26-54-80)72-92(96(94)97-95)101(84-61-33-10-34-62-84,85-63-35-11-36-64-85)86-65-37-12-38-66-86/h1-74H. The second-order valence-corrected chi connectivity index (χ2v) is 45.7. The second kappa shape index (κ2) is 27.5. The lowest BCUT2D eigenvalue weighted by atomic mass is 10.3. The first kappa shape index (κ1) is 63.8. The van der Waals surface area contributed by atoms with Crippen molar-refractivity contribution < 1.29 is 4.74 Å². The first-order valence-electron chi connectivity index (χ1n) is 35.5. The molecule has 1 heterocycles. The van der Waals surface area contributed by atoms with Crippen LogP contribution in [-0.2, 0) is 0 Å². The predicted octanol–water partition coefficient (Wildman–Crippen LogP) is 8.68. The highest BCUT2D eigenvalue weighted by Gasteiger charge is 2.58. The quantitative estimate of drug-likeness (QED) is 0.0618. The van der Waals surface area contributed by atoms with Crippen molar-refractivity contribution in [3.8, 4) is 11.5 Å². The fourth-order valence-electron chi connectivity index (χ4n) is 17.6. The summed E-state index contributed by atoms with van der Waals surface area (Å²) in [7, 11) is -18.2. The average Bonchev–Trinajstić information content (AvgIpc) is 0.671. The Morgan fingerprint density at radius 3 is 0.490 bits per heavy atom. The van der Waals surface area contributed by atoms with Gasteiger partial charge in [0.05, 0.1) is 0 Å². The van der Waals surface area contributed by atoms with Gasteiger partial charge in [0.2, 0.25) is 0 Å². The van der Waals surface area contributed by atoms with Crippen LogP contribution in [0.4, 0.5) is 0 Å². The van der Waals surface area contributed by atoms with E-state index in [1.54, 1.807) is 0 Å². The first-order valence-corrected chi connectivity index (χ1v) is 45.5. The van der Waals surface area contributed by atoms with E-state index >= 15 is 0 Å². The smallest absolute Gasteiger partial charge is 0.188 e. The Morgan fingerprint density at radius 1 is 0.157 bits per heavy atom. The van der Waals surface area contributed by atoms with Gasteiger partial charge < -0.3 is 4.74 Å². The van der Waals surface area contributed by atoms with Crippen LogP contribution in [0.1, 0.15) is 0 Å². The molecule has 0 unspecified atom stereocenters. The van der Waals surface area contributed by atoms with E-state index in [1.807, 2.05) is 0 Å². The molecular formula is C96H74OSi5. The van der Waals surface area contributed by atoms with Gasteiger partial charge in [-0.1, -0.05) is 449 Å². The van der Waals surface area contributed by atoms with E-state index in [0.29, 0.717) is 0 Å². The molecule has 0 N–H and O–H groups in total. The van der Waals surface area contributed by atoms with Crippen LogP contribution in [0, 0.1) is 0 Å². The molecule has 0 saturated heterocycles. The molecule has 16 aromatic rings. The van der Waals surface area contributed by atoms with Crippen molar-refractivity contribution in [1.82, 2.24) is 0 Å². The molecule has 0 fully saturated rings. The lowest BCUT2D eigenvalue weighted by molar-refractivity contribution is 0.494. The molecule has 484 valence electrons. The van der Waals surface area contributed by atoms with Gasteiger partial charge in [0.15, 0.2) is 40.4 Å². The Bertz CT molecular complexity index is 4750. The van der Waals surface area contributed by atoms with Gasteiger partial charge in [-0.15, -0.1) is 0 Å². The molecule has 0 bridgehead atoms. The minimum atomic E-state index is -3.96. The summed E-state index contributed by atoms with van der Waals surface area (Å²) >= 11 is 0. The van der Waals surface area contributed by atoms with Crippen LogP contribution in [-0.4, -0.2) is 40.4 Å². The zero-order chi connectivity index (χ0) is 68.2. The highest BCUT2D eigenvalue weighted by Crippen LogP contribution is 2.33. The molecular weight excluding hydrogens is 1310 g/mol. The summed E-state index contributed by atoms with van der Waals surface area (Å²) in [6.07, 6.45) is 0. The summed E-state index contributed by atoms with van der Waals surface area (Å²) in [5, 5.41) is 25.6. The first-order chi connectivity index (χ1) is 50.6. The third-order valence-corrected chi connectivity index (χ3v) is 45.6. The van der Waals surface area contributed by atoms with E-state index in [1.165, 1.54) is 104 Å². The van der Waals surface area contributed by atoms with Crippen LogP contribution in [0.25, 0.3) is 0 Å². The van der Waals surface area contributed by atoms with Gasteiger partial charge >= 0.3 is 0 Å². The van der Waals surface area contributed by atoms with E-state index in [9.17, 15) is 4.74 Å². The lowest BCUT2D eigenvalue weighted by Gasteiger charge is -2.47. The maximum Gasteiger partial charge on any atom is 0.188 e. The van der Waals surface area contributed by atoms with Gasteiger partial charge in [-0.2, -0.15) is 0 Å². The van der Waals surface area contributed by atoms with Crippen molar-refractivity contribution in [2.45, 2.75) is 0 Å². The highest BCUT2D eigenvalue weighted by atomic mass is 28.3. The minimum absolute atomic E-state index is 0.940. The summed E-state index contributed by atoms with van der Waals surface area (Å²) in [5.74, 6) is 1.88. The van der Waals surface area contributed by atoms with Gasteiger partial charge in [0.1, 0.15) is 11.5 Å². The fourth-order valence-corrected chi connectivity index (χ4v) is 42.9. The molecule has 0 amide bonds. The van der Waals surface area contributed by atoms with Gasteiger partial charge in [0, 0.05) is 0 Å². The number of fused-ring (bicyclic) bond motifs is 2. The normalized spacial score (nSPS) is 12.7. The van der Waals surface area contributed by atoms with Crippen LogP contribution >= 0.6 is 0 Å². The molecule has 0 atom stereocenters. The average molecular weight is 1380 g/mol. The van der Waals surface area contributed by atoms with E-state index in [2.05, 4.69) is 449 Å². The zero-order valence-corrected chi connectivity index (χ0v) is 61.6. The van der Waals surface area contributed by atoms with Crippen molar-refractivity contribution >= 4 is 144 Å². The van der Waals surface area contributed by atoms with Gasteiger partial charge in [-0.25, -0.2) is 0 Å². The Kier molecular flexibility index (Phi) is 17.2. The van der Waals surface area contributed by atoms with Crippen LogP contribution < -0.4 is 108 Å². The van der Waals surface area contributed by atoms with Crippen LogP contribution in [0.5, 0.6) is 11.5 Å². The van der Waals surface area contributed by atoms with Crippen LogP contribution in [0.3, 0.4) is 0 Å². The topological polar surface area (TPSA) is 9.23 Å². The van der Waals surface area contributed by atoms with Gasteiger partial charge in [0.25, 0.3) is 0 Å². The van der Waals surface area contributed by atoms with Gasteiger partial charge in [-0.3, -0.25) is 0 Å². The Balaban J connectivity index is 1.19. The summed E-state index contributed by atoms with van der Waals surface area (Å²) in [6.45, 7) is 0. The SMILES string of the molecule is c1ccc([Si](c2ccccc2)(c2ccccc2)c2cc([Si](c3ccccc3)(c3ccccc3)c3ccccc3)c3c(c2)[Si](c2ccccc2)(c2ccccc2)c2cc([Si](c4ccccc4)(c4ccccc4)c4ccccc4)cc([Si](c4ccccc4)(c4ccccc4)c4ccccc4)c2O3)cc1. The second-order valence-electron chi connectivity index (χ2n) is 26.8. The fraction of sp³-hybridized carbons (Fsp3) is 0. The lowest BCUT2D eigenvalue weighted by Crippen LogP contribution is -2.84. The maximum absolute atomic E-state index is 9.18. The number of ether oxygens (including phenoxy) is 1. The largest absolute Gasteiger partial charge is 0.458 e. The van der Waals surface area contributed by atoms with Gasteiger partial charge in [-0.05, 0) is 104 Å². The number of hydrogen-bond acceptors (Lipinski definition) is 1. The molecule has 0 aromatic heterocycles. The van der Waals surface area contributed by atoms with Crippen LogP contribution in [0.2, 0.25) is 0 Å². The number of benzene rings is 16. The summed E-state index contributed by atoms with van der Waals surface area (Å²) in [5.41, 5.74) is 0. The highest BCUT2D eigenvalue weighted by molar-refractivity contribution is 7.27. The zero-order valence-electron chi connectivity index (χ0n) is 56.6. The molecule has 102 heavy (non-hydrogen) atoms. The van der Waals surface area contributed by atoms with E-state index in [-0.39, 0.29) is 0 Å². The van der Waals surface area contributed by atoms with Crippen molar-refractivity contribution in [2.24, 2.45) is 0 Å². The molecule has 16 aromatic carbocycles. The van der Waals surface area contributed by atoms with E-state index < -0.39 is 40.4 Å². The Labute approximate surface area is 604 Å². The molecule has 1 aliphatic rings. The van der Waals surface area contributed by atoms with Crippen molar-refractivity contribution in [1.29, 1.82) is 0 Å². The summed E-state index contributed by atoms with van der Waals surface area (Å²) in [6, 6.07) is 173. The van der Waals surface area contributed by atoms with Crippen molar-refractivity contribution in [2.75, 3.05) is 0 Å². The molecule has 17 rings (SSSR count). The molecule has 0 saturated carbocycles. The Morgan fingerprint density at radius 2 is 0.314 bits per heavy atom. The van der Waals surface area contributed by atoms with Crippen LogP contribution in [0.15, 0.2) is 449 Å². The monoisotopic (exact) mass is 1380 g/mol. The van der Waals surface area contributed by atoms with Crippen molar-refractivity contribution in [3.63, 3.8) is 0 Å². The summed E-state index contributed by atoms with van der Waals surface area (Å²) in [4.78, 5) is 0. The number of rotatable bonds is 18. The molecule has 0 aliphatic carbocycles. The molecule has 0 spiro atoms. The third-order valence-electron chi connectivity index (χ3n) is 21.8. The molecule has 1 aliphatic heterocycles. The van der Waals surface area contributed by atoms with E-state index in [4.69, 9.17) is 0 Å². The minimum Gasteiger partial charge on any atom is -0.458 e. The Hall–Kier alpha value is -11.6. The van der Waals surface area contributed by atoms with Crippen molar-refractivity contribution in [3.05, 3.63) is 449 Å². The maximum atomic E-state index is 9.18. The molecule has 6 heteroatoms. The third kappa shape index (κ3) is 10.3. The molecule has 1 nitrogen and oxygen atoms in total.